The highest BCUT2D eigenvalue weighted by molar-refractivity contribution is 6.11. The molecule has 1 fully saturated rings. The fourth-order valence-corrected chi connectivity index (χ4v) is 14.0. The molecule has 2 aliphatic rings. The number of carbonyl (C=O) groups is 1. The number of carbonyl (C=O) groups excluding carboxylic acids is 1. The number of fused-ring (bicyclic) bond motifs is 5. The van der Waals surface area contributed by atoms with Crippen molar-refractivity contribution in [1.82, 2.24) is 9.13 Å². The molecule has 0 radical (unpaired) electrons. The number of hydrogen-bond acceptors (Lipinski definition) is 5. The summed E-state index contributed by atoms with van der Waals surface area (Å²) >= 11 is 0. The van der Waals surface area contributed by atoms with Gasteiger partial charge >= 0.3 is 0 Å². The summed E-state index contributed by atoms with van der Waals surface area (Å²) in [5.74, 6) is 0.341. The van der Waals surface area contributed by atoms with Crippen molar-refractivity contribution in [1.29, 1.82) is 0 Å². The van der Waals surface area contributed by atoms with Crippen molar-refractivity contribution in [2.24, 2.45) is 5.92 Å². The van der Waals surface area contributed by atoms with Crippen LogP contribution < -0.4 is 19.6 Å². The van der Waals surface area contributed by atoms with Crippen molar-refractivity contribution < 1.29 is 4.79 Å². The lowest BCUT2D eigenvalue weighted by molar-refractivity contribution is 0.112. The Kier molecular flexibility index (Phi) is 14.7. The molecule has 1 saturated carbocycles. The Hall–Kier alpha value is -12.2. The quantitative estimate of drug-likeness (QED) is 0.0632. The SMILES string of the molecule is C=C/C=C\c1cc2cc(N(c3ccccc3)c3ccc(N(c4ccccc4)c4ccc(C56C=CC(N(c7ccccc7)c7ccc(N(c8ccccc8)c8ccc9c(c8)c8ccccc8n9-c8ccc(C)cc8)cc7)=CC5C6)cc4)cc3)ccc2n1-c1ccc(C=O)cc1. The average molecular weight is 1210 g/mol. The second-order valence-electron chi connectivity index (χ2n) is 24.4. The van der Waals surface area contributed by atoms with Gasteiger partial charge in [-0.05, 0) is 231 Å². The molecular formula is C87H66N6O. The summed E-state index contributed by atoms with van der Waals surface area (Å²) in [7, 11) is 0. The molecule has 7 heteroatoms. The molecule has 2 heterocycles. The molecule has 2 aromatic heterocycles. The number of nitrogens with zero attached hydrogens (tertiary/aromatic N) is 6. The van der Waals surface area contributed by atoms with Gasteiger partial charge in [-0.1, -0.05) is 152 Å². The van der Waals surface area contributed by atoms with Crippen molar-refractivity contribution in [3.05, 3.63) is 374 Å². The molecule has 0 saturated heterocycles. The van der Waals surface area contributed by atoms with Gasteiger partial charge in [0, 0.05) is 112 Å². The second kappa shape index (κ2) is 24.2. The van der Waals surface area contributed by atoms with Crippen LogP contribution >= 0.6 is 0 Å². The fraction of sp³-hybridized carbons (Fsp3) is 0.0460. The Bertz CT molecular complexity index is 5190. The molecule has 2 unspecified atom stereocenters. The minimum atomic E-state index is -0.0870. The molecule has 0 spiro atoms. The minimum absolute atomic E-state index is 0.0870. The van der Waals surface area contributed by atoms with Crippen LogP contribution in [0.5, 0.6) is 0 Å². The number of aryl methyl sites for hydroxylation is 1. The molecule has 16 rings (SSSR count). The van der Waals surface area contributed by atoms with Gasteiger partial charge in [0.25, 0.3) is 0 Å². The molecule has 2 atom stereocenters. The highest BCUT2D eigenvalue weighted by Crippen LogP contribution is 2.59. The summed E-state index contributed by atoms with van der Waals surface area (Å²) in [6.07, 6.45) is 15.0. The summed E-state index contributed by atoms with van der Waals surface area (Å²) in [5.41, 5.74) is 22.6. The normalized spacial score (nSPS) is 14.8. The van der Waals surface area contributed by atoms with E-state index in [1.54, 1.807) is 6.08 Å². The van der Waals surface area contributed by atoms with Crippen LogP contribution in [0.25, 0.3) is 50.2 Å². The molecule has 0 aliphatic heterocycles. The van der Waals surface area contributed by atoms with Gasteiger partial charge in [0.05, 0.1) is 16.6 Å². The van der Waals surface area contributed by atoms with Crippen molar-refractivity contribution >= 4 is 108 Å². The van der Waals surface area contributed by atoms with E-state index in [1.807, 2.05) is 30.3 Å². The summed E-state index contributed by atoms with van der Waals surface area (Å²) in [6, 6.07) is 111. The monoisotopic (exact) mass is 1210 g/mol. The van der Waals surface area contributed by atoms with Crippen LogP contribution in [0, 0.1) is 12.8 Å². The zero-order valence-corrected chi connectivity index (χ0v) is 52.1. The zero-order valence-electron chi connectivity index (χ0n) is 52.1. The number of benzene rings is 12. The first kappa shape index (κ1) is 57.0. The molecule has 12 aromatic carbocycles. The van der Waals surface area contributed by atoms with E-state index in [2.05, 4.69) is 352 Å². The van der Waals surface area contributed by atoms with E-state index >= 15 is 0 Å². The Labute approximate surface area is 548 Å². The number of anilines is 11. The number of aldehydes is 1. The molecule has 7 nitrogen and oxygen atoms in total. The van der Waals surface area contributed by atoms with Crippen LogP contribution in [0.4, 0.5) is 62.6 Å². The van der Waals surface area contributed by atoms with E-state index in [4.69, 9.17) is 0 Å². The van der Waals surface area contributed by atoms with Crippen LogP contribution in [-0.2, 0) is 5.41 Å². The second-order valence-corrected chi connectivity index (χ2v) is 24.4. The molecular weight excluding hydrogens is 1140 g/mol. The molecule has 450 valence electrons. The third-order valence-electron chi connectivity index (χ3n) is 18.7. The zero-order chi connectivity index (χ0) is 63.1. The molecule has 0 N–H and O–H groups in total. The first-order valence-electron chi connectivity index (χ1n) is 32.1. The van der Waals surface area contributed by atoms with Gasteiger partial charge in [-0.2, -0.15) is 0 Å². The average Bonchev–Trinajstić information content (AvgIpc) is 1.57. The van der Waals surface area contributed by atoms with Gasteiger partial charge in [-0.25, -0.2) is 0 Å². The summed E-state index contributed by atoms with van der Waals surface area (Å²) in [5, 5.41) is 3.52. The van der Waals surface area contributed by atoms with E-state index in [1.165, 1.54) is 32.9 Å². The van der Waals surface area contributed by atoms with Crippen molar-refractivity contribution in [2.75, 3.05) is 19.6 Å². The van der Waals surface area contributed by atoms with Gasteiger partial charge in [-0.15, -0.1) is 0 Å². The van der Waals surface area contributed by atoms with Crippen LogP contribution in [0.3, 0.4) is 0 Å². The van der Waals surface area contributed by atoms with E-state index < -0.39 is 0 Å². The van der Waals surface area contributed by atoms with Crippen molar-refractivity contribution in [3.63, 3.8) is 0 Å². The van der Waals surface area contributed by atoms with Crippen LogP contribution in [-0.4, -0.2) is 15.4 Å². The van der Waals surface area contributed by atoms with Gasteiger partial charge in [0.2, 0.25) is 0 Å². The summed E-state index contributed by atoms with van der Waals surface area (Å²) in [4.78, 5) is 21.0. The first-order valence-corrected chi connectivity index (χ1v) is 32.1. The number of para-hydroxylation sites is 5. The fourth-order valence-electron chi connectivity index (χ4n) is 14.0. The summed E-state index contributed by atoms with van der Waals surface area (Å²) in [6.45, 7) is 6.07. The van der Waals surface area contributed by atoms with E-state index in [0.717, 1.165) is 109 Å². The number of allylic oxidation sites excluding steroid dienone is 5. The number of aromatic nitrogens is 2. The predicted octanol–water partition coefficient (Wildman–Crippen LogP) is 23.0. The number of rotatable bonds is 18. The molecule has 94 heavy (non-hydrogen) atoms. The molecule has 0 amide bonds. The maximum atomic E-state index is 11.6. The van der Waals surface area contributed by atoms with Crippen molar-refractivity contribution in [3.8, 4) is 11.4 Å². The molecule has 2 aliphatic carbocycles. The molecule has 14 aromatic rings. The number of hydrogen-bond donors (Lipinski definition) is 0. The van der Waals surface area contributed by atoms with Gasteiger partial charge < -0.3 is 28.7 Å². The smallest absolute Gasteiger partial charge is 0.150 e. The standard InChI is InChI=1S/C87H66N6O/c1-3-4-19-78-56-64-57-79(50-52-84(64)92(78)76-38-32-63(61-94)33-39-76)89(68-22-11-6-12-23-68)73-44-42-72(43-45-73)88(67-20-9-5-10-21-67)71-40-34-65(35-41-71)87-55-54-81(58-66(87)60-87)91(70-26-15-8-16-27-70)75-48-46-74(47-49-75)90(69-24-13-7-14-25-69)80-51-53-86-83(59-80)82-28-17-18-29-85(82)93(86)77-36-30-62(2)31-37-77/h3-59,61,66H,1,60H2,2H3/b19-4-. The highest BCUT2D eigenvalue weighted by Gasteiger charge is 2.54. The van der Waals surface area contributed by atoms with Crippen LogP contribution in [0.1, 0.15) is 33.6 Å². The minimum Gasteiger partial charge on any atom is -0.311 e. The Morgan fingerprint density at radius 2 is 0.851 bits per heavy atom. The van der Waals surface area contributed by atoms with Crippen molar-refractivity contribution in [2.45, 2.75) is 18.8 Å². The lowest BCUT2D eigenvalue weighted by Gasteiger charge is -2.30. The Morgan fingerprint density at radius 3 is 1.39 bits per heavy atom. The largest absolute Gasteiger partial charge is 0.311 e. The maximum Gasteiger partial charge on any atom is 0.150 e. The lowest BCUT2D eigenvalue weighted by atomic mass is 9.89. The van der Waals surface area contributed by atoms with Gasteiger partial charge in [0.15, 0.2) is 0 Å². The Balaban J connectivity index is 0.683. The highest BCUT2D eigenvalue weighted by atomic mass is 16.1. The maximum absolute atomic E-state index is 11.6. The van der Waals surface area contributed by atoms with Gasteiger partial charge in [0.1, 0.15) is 6.29 Å². The van der Waals surface area contributed by atoms with E-state index in [-0.39, 0.29) is 5.41 Å². The lowest BCUT2D eigenvalue weighted by Crippen LogP contribution is -2.19. The van der Waals surface area contributed by atoms with Gasteiger partial charge in [-0.3, -0.25) is 4.79 Å². The first-order chi connectivity index (χ1) is 46.4. The summed E-state index contributed by atoms with van der Waals surface area (Å²) < 4.78 is 4.60. The van der Waals surface area contributed by atoms with Crippen LogP contribution in [0.15, 0.2) is 352 Å². The predicted molar refractivity (Wildman–Crippen MR) is 393 cm³/mol. The van der Waals surface area contributed by atoms with E-state index in [0.29, 0.717) is 11.5 Å². The molecule has 0 bridgehead atoms. The topological polar surface area (TPSA) is 39.9 Å². The Morgan fingerprint density at radius 1 is 0.415 bits per heavy atom. The van der Waals surface area contributed by atoms with Crippen LogP contribution in [0.2, 0.25) is 0 Å². The van der Waals surface area contributed by atoms with E-state index in [9.17, 15) is 4.79 Å². The third-order valence-corrected chi connectivity index (χ3v) is 18.7. The third kappa shape index (κ3) is 10.4.